The molecule has 31 heavy (non-hydrogen) atoms. The minimum Gasteiger partial charge on any atom is -0.493 e. The lowest BCUT2D eigenvalue weighted by atomic mass is 9.64. The molecule has 0 N–H and O–H groups in total. The number of fused-ring (bicyclic) bond motifs is 3. The largest absolute Gasteiger partial charge is 0.493 e. The number of hydrogen-bond donors (Lipinski definition) is 0. The van der Waals surface area contributed by atoms with Crippen molar-refractivity contribution in [2.75, 3.05) is 26.8 Å². The van der Waals surface area contributed by atoms with Crippen molar-refractivity contribution in [1.29, 1.82) is 0 Å². The fraction of sp³-hybridized carbons (Fsp3) is 0.520. The fourth-order valence-electron chi connectivity index (χ4n) is 5.48. The second kappa shape index (κ2) is 7.52. The molecule has 0 saturated carbocycles. The van der Waals surface area contributed by atoms with Gasteiger partial charge in [-0.3, -0.25) is 9.78 Å². The lowest BCUT2D eigenvalue weighted by Gasteiger charge is -2.54. The van der Waals surface area contributed by atoms with Gasteiger partial charge in [0.15, 0.2) is 11.5 Å². The number of nitrogens with zero attached hydrogens (tertiary/aromatic N) is 2. The first-order valence-electron chi connectivity index (χ1n) is 11.1. The third-order valence-electron chi connectivity index (χ3n) is 7.38. The molecular weight excluding hydrogens is 392 g/mol. The second-order valence-electron chi connectivity index (χ2n) is 9.63. The Hall–Kier alpha value is -2.60. The summed E-state index contributed by atoms with van der Waals surface area (Å²) in [5.74, 6) is 1.84. The predicted octanol–water partition coefficient (Wildman–Crippen LogP) is 4.26. The van der Waals surface area contributed by atoms with Gasteiger partial charge in [-0.2, -0.15) is 0 Å². The van der Waals surface area contributed by atoms with Crippen LogP contribution in [0.15, 0.2) is 42.6 Å². The number of benzene rings is 1. The number of rotatable bonds is 2. The molecule has 0 unspecified atom stereocenters. The Morgan fingerprint density at radius 3 is 2.68 bits per heavy atom. The highest BCUT2D eigenvalue weighted by molar-refractivity contribution is 5.92. The summed E-state index contributed by atoms with van der Waals surface area (Å²) in [5.41, 5.74) is 1.33. The lowest BCUT2D eigenvalue weighted by Crippen LogP contribution is -2.54. The first-order chi connectivity index (χ1) is 14.9. The van der Waals surface area contributed by atoms with Crippen molar-refractivity contribution < 1.29 is 19.0 Å². The van der Waals surface area contributed by atoms with Crippen molar-refractivity contribution in [2.24, 2.45) is 11.3 Å². The maximum Gasteiger partial charge on any atom is 0.272 e. The van der Waals surface area contributed by atoms with E-state index in [0.717, 1.165) is 49.4 Å². The SMILES string of the molecule is COc1cccc2c1OC(C)(C)[C@H]1CC3(CCN(C(=O)c4ccccn4)CC3)CO[C@H]21. The number of ether oxygens (including phenoxy) is 3. The Morgan fingerprint density at radius 2 is 1.97 bits per heavy atom. The Bertz CT molecular complexity index is 967. The number of pyridine rings is 1. The van der Waals surface area contributed by atoms with Crippen LogP contribution in [0, 0.1) is 11.3 Å². The van der Waals surface area contributed by atoms with E-state index in [4.69, 9.17) is 14.2 Å². The van der Waals surface area contributed by atoms with Crippen molar-refractivity contribution in [1.82, 2.24) is 9.88 Å². The van der Waals surface area contributed by atoms with Crippen LogP contribution < -0.4 is 9.47 Å². The van der Waals surface area contributed by atoms with Crippen LogP contribution in [0.1, 0.15) is 55.3 Å². The monoisotopic (exact) mass is 422 g/mol. The van der Waals surface area contributed by atoms with Crippen LogP contribution in [0.3, 0.4) is 0 Å². The van der Waals surface area contributed by atoms with E-state index < -0.39 is 0 Å². The standard InChI is InChI=1S/C25H30N2O4/c1-24(2)18-15-25(10-13-27(14-11-25)23(28)19-8-4-5-12-26-19)16-30-21(18)17-7-6-9-20(29-3)22(17)31-24/h4-9,12,18,21H,10-11,13-16H2,1-3H3/t18-,21+/m0/s1. The molecule has 6 nitrogen and oxygen atoms in total. The third-order valence-corrected chi connectivity index (χ3v) is 7.38. The van der Waals surface area contributed by atoms with Gasteiger partial charge < -0.3 is 19.1 Å². The highest BCUT2D eigenvalue weighted by atomic mass is 16.5. The number of aromatic nitrogens is 1. The molecule has 4 heterocycles. The molecule has 2 saturated heterocycles. The molecule has 1 amide bonds. The molecule has 0 radical (unpaired) electrons. The molecule has 6 heteroatoms. The smallest absolute Gasteiger partial charge is 0.272 e. The molecule has 1 spiro atoms. The zero-order chi connectivity index (χ0) is 21.6. The molecule has 0 bridgehead atoms. The summed E-state index contributed by atoms with van der Waals surface area (Å²) in [7, 11) is 1.68. The topological polar surface area (TPSA) is 60.9 Å². The molecule has 0 aliphatic carbocycles. The zero-order valence-corrected chi connectivity index (χ0v) is 18.5. The van der Waals surface area contributed by atoms with Crippen LogP contribution in [0.4, 0.5) is 0 Å². The van der Waals surface area contributed by atoms with Crippen LogP contribution >= 0.6 is 0 Å². The van der Waals surface area contributed by atoms with E-state index in [1.807, 2.05) is 29.2 Å². The summed E-state index contributed by atoms with van der Waals surface area (Å²) in [6.45, 7) is 6.50. The van der Waals surface area contributed by atoms with Gasteiger partial charge in [-0.25, -0.2) is 0 Å². The van der Waals surface area contributed by atoms with Gasteiger partial charge in [0.1, 0.15) is 11.3 Å². The van der Waals surface area contributed by atoms with Crippen molar-refractivity contribution >= 4 is 5.91 Å². The van der Waals surface area contributed by atoms with E-state index in [-0.39, 0.29) is 28.9 Å². The fourth-order valence-corrected chi connectivity index (χ4v) is 5.48. The van der Waals surface area contributed by atoms with E-state index in [9.17, 15) is 4.79 Å². The first kappa shape index (κ1) is 20.3. The third kappa shape index (κ3) is 3.47. The molecule has 2 atom stereocenters. The van der Waals surface area contributed by atoms with Gasteiger partial charge in [-0.1, -0.05) is 18.2 Å². The van der Waals surface area contributed by atoms with Crippen molar-refractivity contribution in [2.45, 2.75) is 44.8 Å². The maximum absolute atomic E-state index is 12.8. The quantitative estimate of drug-likeness (QED) is 0.724. The summed E-state index contributed by atoms with van der Waals surface area (Å²) in [5, 5.41) is 0. The number of carbonyl (C=O) groups excluding carboxylic acids is 1. The Labute approximate surface area is 183 Å². The van der Waals surface area contributed by atoms with Gasteiger partial charge in [-0.05, 0) is 56.7 Å². The summed E-state index contributed by atoms with van der Waals surface area (Å²) in [4.78, 5) is 19.0. The number of amides is 1. The lowest BCUT2D eigenvalue weighted by molar-refractivity contribution is -0.173. The van der Waals surface area contributed by atoms with E-state index in [2.05, 4.69) is 24.9 Å². The summed E-state index contributed by atoms with van der Waals surface area (Å²) in [6, 6.07) is 11.5. The van der Waals surface area contributed by atoms with Gasteiger partial charge in [0, 0.05) is 30.8 Å². The van der Waals surface area contributed by atoms with Crippen LogP contribution in [0.25, 0.3) is 0 Å². The maximum atomic E-state index is 12.8. The van der Waals surface area contributed by atoms with Crippen LogP contribution in [0.2, 0.25) is 0 Å². The second-order valence-corrected chi connectivity index (χ2v) is 9.63. The Morgan fingerprint density at radius 1 is 1.16 bits per heavy atom. The van der Waals surface area contributed by atoms with Crippen molar-refractivity contribution in [3.63, 3.8) is 0 Å². The number of carbonyl (C=O) groups is 1. The van der Waals surface area contributed by atoms with Crippen LogP contribution in [0.5, 0.6) is 11.5 Å². The molecule has 2 aromatic rings. The van der Waals surface area contributed by atoms with E-state index in [0.29, 0.717) is 12.3 Å². The molecule has 2 fully saturated rings. The van der Waals surface area contributed by atoms with Gasteiger partial charge >= 0.3 is 0 Å². The molecular formula is C25H30N2O4. The normalized spacial score (nSPS) is 25.8. The van der Waals surface area contributed by atoms with Crippen LogP contribution in [-0.2, 0) is 4.74 Å². The number of piperidine rings is 1. The average molecular weight is 423 g/mol. The Balaban J connectivity index is 1.33. The number of likely N-dealkylation sites (tertiary alicyclic amines) is 1. The highest BCUT2D eigenvalue weighted by Gasteiger charge is 2.53. The van der Waals surface area contributed by atoms with Gasteiger partial charge in [-0.15, -0.1) is 0 Å². The van der Waals surface area contributed by atoms with Crippen molar-refractivity contribution in [3.8, 4) is 11.5 Å². The predicted molar refractivity (Wildman–Crippen MR) is 116 cm³/mol. The molecule has 1 aromatic carbocycles. The molecule has 3 aliphatic rings. The van der Waals surface area contributed by atoms with Gasteiger partial charge in [0.2, 0.25) is 0 Å². The van der Waals surface area contributed by atoms with Crippen molar-refractivity contribution in [3.05, 3.63) is 53.9 Å². The molecule has 1 aromatic heterocycles. The van der Waals surface area contributed by atoms with Crippen LogP contribution in [-0.4, -0.2) is 48.2 Å². The Kier molecular flexibility index (Phi) is 4.93. The van der Waals surface area contributed by atoms with E-state index in [1.165, 1.54) is 0 Å². The summed E-state index contributed by atoms with van der Waals surface area (Å²) >= 11 is 0. The molecule has 164 valence electrons. The minimum atomic E-state index is -0.360. The summed E-state index contributed by atoms with van der Waals surface area (Å²) < 4.78 is 18.6. The average Bonchev–Trinajstić information content (AvgIpc) is 2.79. The number of methoxy groups -OCH3 is 1. The first-order valence-corrected chi connectivity index (χ1v) is 11.1. The van der Waals surface area contributed by atoms with Gasteiger partial charge in [0.25, 0.3) is 5.91 Å². The molecule has 5 rings (SSSR count). The van der Waals surface area contributed by atoms with Gasteiger partial charge in [0.05, 0.1) is 19.8 Å². The summed E-state index contributed by atoms with van der Waals surface area (Å²) in [6.07, 6.45) is 4.59. The number of hydrogen-bond acceptors (Lipinski definition) is 5. The molecule has 3 aliphatic heterocycles. The van der Waals surface area contributed by atoms with E-state index in [1.54, 1.807) is 19.4 Å². The highest BCUT2D eigenvalue weighted by Crippen LogP contribution is 2.57. The van der Waals surface area contributed by atoms with E-state index >= 15 is 0 Å². The number of para-hydroxylation sites is 1. The zero-order valence-electron chi connectivity index (χ0n) is 18.5. The minimum absolute atomic E-state index is 0.00709.